The van der Waals surface area contributed by atoms with Gasteiger partial charge in [-0.05, 0) is 60.9 Å². The molecule has 5 nitrogen and oxygen atoms in total. The van der Waals surface area contributed by atoms with Gasteiger partial charge < -0.3 is 14.0 Å². The van der Waals surface area contributed by atoms with E-state index < -0.39 is 0 Å². The van der Waals surface area contributed by atoms with Crippen molar-refractivity contribution in [2.24, 2.45) is 5.92 Å². The molecule has 4 rings (SSSR count). The molecule has 1 aliphatic heterocycles. The van der Waals surface area contributed by atoms with Crippen molar-refractivity contribution in [2.45, 2.75) is 43.7 Å². The van der Waals surface area contributed by atoms with Gasteiger partial charge in [0.05, 0.1) is 0 Å². The second-order valence-electron chi connectivity index (χ2n) is 7.98. The largest absolute Gasteiger partial charge is 0.341 e. The highest BCUT2D eigenvalue weighted by Crippen LogP contribution is 2.28. The van der Waals surface area contributed by atoms with E-state index in [0.29, 0.717) is 24.6 Å². The van der Waals surface area contributed by atoms with Gasteiger partial charge in [0.25, 0.3) is 0 Å². The first-order chi connectivity index (χ1) is 14.1. The Morgan fingerprint density at radius 1 is 1.24 bits per heavy atom. The van der Waals surface area contributed by atoms with Gasteiger partial charge >= 0.3 is 0 Å². The highest BCUT2D eigenvalue weighted by Gasteiger charge is 2.29. The minimum atomic E-state index is -0.301. The number of amides is 1. The predicted octanol–water partition coefficient (Wildman–Crippen LogP) is 4.49. The number of likely N-dealkylation sites (tertiary alicyclic amines) is 1. The molecule has 1 aliphatic rings. The summed E-state index contributed by atoms with van der Waals surface area (Å²) in [5.74, 6) is 0.847. The summed E-state index contributed by atoms with van der Waals surface area (Å²) >= 11 is 4.49. The van der Waals surface area contributed by atoms with Gasteiger partial charge in [0, 0.05) is 42.4 Å². The molecule has 150 valence electrons. The number of nitrogens with zero attached hydrogens (tertiary/aromatic N) is 4. The highest BCUT2D eigenvalue weighted by atomic mass is 32.1. The Labute approximate surface area is 176 Å². The van der Waals surface area contributed by atoms with Crippen LogP contribution in [0.2, 0.25) is 0 Å². The van der Waals surface area contributed by atoms with Crippen molar-refractivity contribution in [3.63, 3.8) is 0 Å². The van der Waals surface area contributed by atoms with E-state index >= 15 is 0 Å². The lowest BCUT2D eigenvalue weighted by molar-refractivity contribution is -0.136. The topological polar surface area (TPSA) is 54.0 Å². The number of aryl methyl sites for hydroxylation is 1. The van der Waals surface area contributed by atoms with E-state index in [9.17, 15) is 10.1 Å². The molecule has 1 amide bonds. The van der Waals surface area contributed by atoms with Crippen LogP contribution in [0.25, 0.3) is 10.9 Å². The zero-order valence-electron chi connectivity index (χ0n) is 16.7. The number of nitriles is 1. The molecule has 0 N–H and O–H groups in total. The number of thiol groups is 1. The molecular weight excluding hydrogens is 380 g/mol. The molecule has 0 aliphatic carbocycles. The van der Waals surface area contributed by atoms with E-state index in [1.807, 2.05) is 46.1 Å². The van der Waals surface area contributed by atoms with E-state index in [-0.39, 0.29) is 11.9 Å². The Kier molecular flexibility index (Phi) is 5.68. The second kappa shape index (κ2) is 8.38. The molecule has 0 saturated carbocycles. The molecule has 2 aromatic heterocycles. The third-order valence-corrected chi connectivity index (χ3v) is 6.29. The molecule has 1 unspecified atom stereocenters. The van der Waals surface area contributed by atoms with Crippen molar-refractivity contribution in [3.8, 4) is 6.07 Å². The third-order valence-electron chi connectivity index (χ3n) is 6.01. The molecule has 3 aromatic rings. The number of hydrogen-bond donors (Lipinski definition) is 1. The maximum Gasteiger partial charge on any atom is 0.245 e. The van der Waals surface area contributed by atoms with Gasteiger partial charge in [-0.15, -0.1) is 12.6 Å². The van der Waals surface area contributed by atoms with Crippen LogP contribution in [0.15, 0.2) is 53.7 Å². The number of fused-ring (bicyclic) bond motifs is 1. The third kappa shape index (κ3) is 4.06. The lowest BCUT2D eigenvalue weighted by Gasteiger charge is -2.34. The summed E-state index contributed by atoms with van der Waals surface area (Å²) in [5.41, 5.74) is 1.65. The van der Waals surface area contributed by atoms with E-state index in [0.717, 1.165) is 41.7 Å². The Morgan fingerprint density at radius 2 is 2.03 bits per heavy atom. The molecule has 1 saturated heterocycles. The predicted molar refractivity (Wildman–Crippen MR) is 117 cm³/mol. The average Bonchev–Trinajstić information content (AvgIpc) is 3.35. The molecule has 0 bridgehead atoms. The van der Waals surface area contributed by atoms with Crippen LogP contribution in [0.1, 0.15) is 37.9 Å². The summed E-state index contributed by atoms with van der Waals surface area (Å²) in [7, 11) is 0. The fourth-order valence-electron chi connectivity index (χ4n) is 4.20. The zero-order chi connectivity index (χ0) is 20.4. The minimum absolute atomic E-state index is 0.171. The van der Waals surface area contributed by atoms with E-state index in [4.69, 9.17) is 0 Å². The van der Waals surface area contributed by atoms with Gasteiger partial charge in [-0.25, -0.2) is 0 Å². The Hall–Kier alpha value is -2.65. The fourth-order valence-corrected chi connectivity index (χ4v) is 4.40. The first kappa shape index (κ1) is 19.7. The maximum atomic E-state index is 13.6. The molecule has 0 spiro atoms. The van der Waals surface area contributed by atoms with Crippen LogP contribution >= 0.6 is 12.6 Å². The Morgan fingerprint density at radius 3 is 2.79 bits per heavy atom. The van der Waals surface area contributed by atoms with E-state index in [2.05, 4.69) is 36.3 Å². The summed E-state index contributed by atoms with van der Waals surface area (Å²) in [6.07, 6.45) is 6.66. The summed E-state index contributed by atoms with van der Waals surface area (Å²) < 4.78 is 4.01. The van der Waals surface area contributed by atoms with Gasteiger partial charge in [0.2, 0.25) is 5.91 Å². The van der Waals surface area contributed by atoms with Crippen LogP contribution < -0.4 is 0 Å². The van der Waals surface area contributed by atoms with Crippen molar-refractivity contribution in [2.75, 3.05) is 13.1 Å². The molecule has 3 heterocycles. The summed E-state index contributed by atoms with van der Waals surface area (Å²) in [5, 5.41) is 10.4. The van der Waals surface area contributed by atoms with Gasteiger partial charge in [-0.1, -0.05) is 13.0 Å². The number of carbonyl (C=O) groups excluding carboxylic acids is 1. The first-order valence-electron chi connectivity index (χ1n) is 10.2. The van der Waals surface area contributed by atoms with Crippen LogP contribution in [0.3, 0.4) is 0 Å². The normalized spacial score (nSPS) is 16.1. The SMILES string of the molecule is CC1CCN(C(=O)C(CCn2cccc2C#N)n2ccc3ccc(S)cc32)CC1. The number of hydrogen-bond acceptors (Lipinski definition) is 3. The van der Waals surface area contributed by atoms with Gasteiger partial charge in [-0.3, -0.25) is 4.79 Å². The van der Waals surface area contributed by atoms with Crippen LogP contribution in [-0.4, -0.2) is 33.0 Å². The van der Waals surface area contributed by atoms with Gasteiger partial charge in [0.15, 0.2) is 0 Å². The maximum absolute atomic E-state index is 13.6. The van der Waals surface area contributed by atoms with E-state index in [1.165, 1.54) is 0 Å². The number of rotatable bonds is 5. The smallest absolute Gasteiger partial charge is 0.245 e. The van der Waals surface area contributed by atoms with Crippen LogP contribution in [0.4, 0.5) is 0 Å². The Balaban J connectivity index is 1.65. The zero-order valence-corrected chi connectivity index (χ0v) is 17.6. The number of benzene rings is 1. The molecule has 1 atom stereocenters. The number of aromatic nitrogens is 2. The lowest BCUT2D eigenvalue weighted by atomic mass is 9.98. The van der Waals surface area contributed by atoms with Crippen LogP contribution in [0.5, 0.6) is 0 Å². The van der Waals surface area contributed by atoms with Crippen molar-refractivity contribution in [1.82, 2.24) is 14.0 Å². The molecular formula is C23H26N4OS. The van der Waals surface area contributed by atoms with Crippen molar-refractivity contribution >= 4 is 29.4 Å². The van der Waals surface area contributed by atoms with Gasteiger partial charge in [0.1, 0.15) is 17.8 Å². The van der Waals surface area contributed by atoms with Crippen LogP contribution in [0, 0.1) is 17.2 Å². The lowest BCUT2D eigenvalue weighted by Crippen LogP contribution is -2.42. The minimum Gasteiger partial charge on any atom is -0.341 e. The van der Waals surface area contributed by atoms with E-state index in [1.54, 1.807) is 6.07 Å². The fraction of sp³-hybridized carbons (Fsp3) is 0.391. The molecule has 29 heavy (non-hydrogen) atoms. The standard InChI is InChI=1S/C23H26N4OS/c1-17-6-11-26(12-7-17)23(28)21(9-13-25-10-2-3-19(25)16-24)27-14-8-18-4-5-20(29)15-22(18)27/h2-5,8,10,14-15,17,21,29H,6-7,9,11-13H2,1H3. The number of piperidine rings is 1. The molecule has 1 aromatic carbocycles. The summed E-state index contributed by atoms with van der Waals surface area (Å²) in [6.45, 7) is 4.51. The molecule has 1 fully saturated rings. The molecule has 6 heteroatoms. The monoisotopic (exact) mass is 406 g/mol. The first-order valence-corrected chi connectivity index (χ1v) is 10.6. The van der Waals surface area contributed by atoms with Crippen molar-refractivity contribution in [1.29, 1.82) is 5.26 Å². The average molecular weight is 407 g/mol. The summed E-state index contributed by atoms with van der Waals surface area (Å²) in [4.78, 5) is 16.5. The Bertz CT molecular complexity index is 1050. The number of carbonyl (C=O) groups is 1. The van der Waals surface area contributed by atoms with Gasteiger partial charge in [-0.2, -0.15) is 5.26 Å². The van der Waals surface area contributed by atoms with Crippen molar-refractivity contribution in [3.05, 3.63) is 54.5 Å². The quantitative estimate of drug-likeness (QED) is 0.635. The second-order valence-corrected chi connectivity index (χ2v) is 8.49. The molecule has 0 radical (unpaired) electrons. The van der Waals surface area contributed by atoms with Crippen LogP contribution in [-0.2, 0) is 11.3 Å². The summed E-state index contributed by atoms with van der Waals surface area (Å²) in [6, 6.07) is 13.7. The highest BCUT2D eigenvalue weighted by molar-refractivity contribution is 7.80. The van der Waals surface area contributed by atoms with Crippen molar-refractivity contribution < 1.29 is 4.79 Å².